The van der Waals surface area contributed by atoms with E-state index in [-0.39, 0.29) is 28.1 Å². The summed E-state index contributed by atoms with van der Waals surface area (Å²) in [5, 5.41) is 14.1. The summed E-state index contributed by atoms with van der Waals surface area (Å²) in [5.41, 5.74) is 1.70. The molecule has 0 atom stereocenters. The number of anilines is 1. The summed E-state index contributed by atoms with van der Waals surface area (Å²) in [6.45, 7) is 0.0155. The molecule has 21 heavy (non-hydrogen) atoms. The van der Waals surface area contributed by atoms with Crippen molar-refractivity contribution in [1.29, 1.82) is 0 Å². The zero-order chi connectivity index (χ0) is 15.5. The van der Waals surface area contributed by atoms with Crippen LogP contribution in [0, 0.1) is 10.1 Å². The van der Waals surface area contributed by atoms with E-state index in [0.29, 0.717) is 11.3 Å². The molecule has 0 bridgehead atoms. The van der Waals surface area contributed by atoms with Gasteiger partial charge in [0.15, 0.2) is 11.3 Å². The molecule has 0 amide bonds. The van der Waals surface area contributed by atoms with Crippen molar-refractivity contribution in [3.8, 4) is 0 Å². The molecule has 0 aliphatic carbocycles. The molecule has 0 unspecified atom stereocenters. The number of hydrogen-bond donors (Lipinski definition) is 3. The van der Waals surface area contributed by atoms with Gasteiger partial charge in [-0.25, -0.2) is 19.0 Å². The van der Waals surface area contributed by atoms with Crippen LogP contribution < -0.4 is 16.0 Å². The Morgan fingerprint density at radius 3 is 2.81 bits per heavy atom. The van der Waals surface area contributed by atoms with Crippen LogP contribution >= 0.6 is 11.3 Å². The van der Waals surface area contributed by atoms with Crippen molar-refractivity contribution in [3.05, 3.63) is 28.4 Å². The van der Waals surface area contributed by atoms with Gasteiger partial charge < -0.3 is 9.95 Å². The number of nitrogens with zero attached hydrogens (tertiary/aromatic N) is 3. The first-order valence-corrected chi connectivity index (χ1v) is 7.74. The molecule has 0 radical (unpaired) electrons. The van der Waals surface area contributed by atoms with Crippen molar-refractivity contribution in [1.82, 2.24) is 14.9 Å². The van der Waals surface area contributed by atoms with Gasteiger partial charge in [-0.3, -0.25) is 10.1 Å². The topological polar surface area (TPSA) is 166 Å². The second kappa shape index (κ2) is 6.13. The second-order valence-corrected chi connectivity index (χ2v) is 6.71. The fourth-order valence-corrected chi connectivity index (χ4v) is 3.71. The maximum atomic E-state index is 12.0. The summed E-state index contributed by atoms with van der Waals surface area (Å²) in [6, 6.07) is 0.939. The zero-order valence-corrected chi connectivity index (χ0v) is 12.0. The Bertz CT molecular complexity index is 724. The van der Waals surface area contributed by atoms with Gasteiger partial charge in [-0.2, -0.15) is 4.98 Å². The van der Waals surface area contributed by atoms with Crippen LogP contribution in [0.3, 0.4) is 0 Å². The SMILES string of the molecule is NNc1sc(S(=O)(=O)NCCc2ncno2)cc1[N+](=O)[O-]. The van der Waals surface area contributed by atoms with Crippen LogP contribution in [0.25, 0.3) is 0 Å². The number of aromatic nitrogens is 2. The van der Waals surface area contributed by atoms with Gasteiger partial charge in [0.1, 0.15) is 4.21 Å². The molecule has 0 saturated heterocycles. The molecule has 0 aromatic carbocycles. The van der Waals surface area contributed by atoms with Gasteiger partial charge in [-0.15, -0.1) is 0 Å². The van der Waals surface area contributed by atoms with Crippen molar-refractivity contribution >= 4 is 32.0 Å². The number of nitrogens with two attached hydrogens (primary N) is 1. The molecule has 11 nitrogen and oxygen atoms in total. The molecule has 2 rings (SSSR count). The fourth-order valence-electron chi connectivity index (χ4n) is 1.40. The van der Waals surface area contributed by atoms with E-state index in [4.69, 9.17) is 10.4 Å². The van der Waals surface area contributed by atoms with Crippen molar-refractivity contribution in [2.24, 2.45) is 5.84 Å². The Morgan fingerprint density at radius 2 is 2.29 bits per heavy atom. The molecule has 0 aliphatic rings. The van der Waals surface area contributed by atoms with E-state index >= 15 is 0 Å². The van der Waals surface area contributed by atoms with Gasteiger partial charge in [0.25, 0.3) is 0 Å². The number of nitrogen functional groups attached to an aromatic ring is 1. The number of sulfonamides is 1. The van der Waals surface area contributed by atoms with E-state index in [2.05, 4.69) is 20.3 Å². The Balaban J connectivity index is 2.10. The first-order chi connectivity index (χ1) is 9.94. The second-order valence-electron chi connectivity index (χ2n) is 3.66. The van der Waals surface area contributed by atoms with E-state index in [1.807, 2.05) is 0 Å². The van der Waals surface area contributed by atoms with Crippen LogP contribution in [0.4, 0.5) is 10.7 Å². The quantitative estimate of drug-likeness (QED) is 0.354. The molecule has 13 heteroatoms. The average molecular weight is 334 g/mol. The number of thiophene rings is 1. The maximum Gasteiger partial charge on any atom is 0.306 e. The third kappa shape index (κ3) is 3.52. The third-order valence-electron chi connectivity index (χ3n) is 2.32. The summed E-state index contributed by atoms with van der Waals surface area (Å²) in [7, 11) is -3.88. The lowest BCUT2D eigenvalue weighted by molar-refractivity contribution is -0.383. The molecular formula is C8H10N6O5S2. The van der Waals surface area contributed by atoms with Gasteiger partial charge in [-0.1, -0.05) is 16.5 Å². The van der Waals surface area contributed by atoms with E-state index < -0.39 is 20.6 Å². The third-order valence-corrected chi connectivity index (χ3v) is 5.31. The Morgan fingerprint density at radius 1 is 1.52 bits per heavy atom. The lowest BCUT2D eigenvalue weighted by Crippen LogP contribution is -2.25. The predicted octanol–water partition coefficient (Wildman–Crippen LogP) is -0.154. The maximum absolute atomic E-state index is 12.0. The van der Waals surface area contributed by atoms with E-state index in [0.717, 1.165) is 6.07 Å². The van der Waals surface area contributed by atoms with Crippen molar-refractivity contribution in [2.75, 3.05) is 12.0 Å². The van der Waals surface area contributed by atoms with E-state index in [9.17, 15) is 18.5 Å². The van der Waals surface area contributed by atoms with Crippen molar-refractivity contribution in [3.63, 3.8) is 0 Å². The Hall–Kier alpha value is -2.09. The highest BCUT2D eigenvalue weighted by molar-refractivity contribution is 7.91. The van der Waals surface area contributed by atoms with Gasteiger partial charge in [0.2, 0.25) is 15.9 Å². The highest BCUT2D eigenvalue weighted by Crippen LogP contribution is 2.36. The summed E-state index contributed by atoms with van der Waals surface area (Å²) in [5.74, 6) is 5.40. The number of hydrazine groups is 1. The minimum Gasteiger partial charge on any atom is -0.340 e. The molecule has 0 spiro atoms. The molecule has 2 aromatic heterocycles. The molecule has 114 valence electrons. The predicted molar refractivity (Wildman–Crippen MR) is 72.0 cm³/mol. The molecule has 2 heterocycles. The molecular weight excluding hydrogens is 324 g/mol. The lowest BCUT2D eigenvalue weighted by atomic mass is 10.4. The van der Waals surface area contributed by atoms with Gasteiger partial charge in [0.05, 0.1) is 4.92 Å². The van der Waals surface area contributed by atoms with Crippen LogP contribution in [0.1, 0.15) is 5.89 Å². The zero-order valence-electron chi connectivity index (χ0n) is 10.3. The Labute approximate surface area is 122 Å². The number of hydrogen-bond acceptors (Lipinski definition) is 10. The van der Waals surface area contributed by atoms with Crippen molar-refractivity contribution < 1.29 is 17.9 Å². The van der Waals surface area contributed by atoms with Crippen LogP contribution in [0.15, 0.2) is 21.1 Å². The molecule has 2 aromatic rings. The minimum absolute atomic E-state index is 0.0155. The smallest absolute Gasteiger partial charge is 0.306 e. The summed E-state index contributed by atoms with van der Waals surface area (Å²) in [4.78, 5) is 13.8. The average Bonchev–Trinajstić information content (AvgIpc) is 3.07. The molecule has 0 aliphatic heterocycles. The molecule has 0 fully saturated rings. The summed E-state index contributed by atoms with van der Waals surface area (Å²) in [6.07, 6.45) is 1.40. The van der Waals surface area contributed by atoms with Crippen LogP contribution in [0.5, 0.6) is 0 Å². The highest BCUT2D eigenvalue weighted by Gasteiger charge is 2.25. The number of nitro groups is 1. The molecule has 4 N–H and O–H groups in total. The van der Waals surface area contributed by atoms with E-state index in [1.54, 1.807) is 0 Å². The van der Waals surface area contributed by atoms with Crippen LogP contribution in [0.2, 0.25) is 0 Å². The van der Waals surface area contributed by atoms with Crippen LogP contribution in [-0.2, 0) is 16.4 Å². The number of rotatable bonds is 7. The normalized spacial score (nSPS) is 11.5. The van der Waals surface area contributed by atoms with E-state index in [1.165, 1.54) is 6.33 Å². The first-order valence-electron chi connectivity index (χ1n) is 5.44. The molecule has 0 saturated carbocycles. The van der Waals surface area contributed by atoms with Gasteiger partial charge >= 0.3 is 5.69 Å². The van der Waals surface area contributed by atoms with Gasteiger partial charge in [-0.05, 0) is 0 Å². The largest absolute Gasteiger partial charge is 0.340 e. The first kappa shape index (κ1) is 15.3. The minimum atomic E-state index is -3.88. The summed E-state index contributed by atoms with van der Waals surface area (Å²) >= 11 is 0.663. The summed E-state index contributed by atoms with van der Waals surface area (Å²) < 4.78 is 30.8. The monoisotopic (exact) mass is 334 g/mol. The Kier molecular flexibility index (Phi) is 4.46. The van der Waals surface area contributed by atoms with Gasteiger partial charge in [0, 0.05) is 19.0 Å². The fraction of sp³-hybridized carbons (Fsp3) is 0.250. The number of nitrogens with one attached hydrogen (secondary N) is 2. The highest BCUT2D eigenvalue weighted by atomic mass is 32.2. The standard InChI is InChI=1S/C8H10N6O5S2/c9-13-8-5(14(15)16)3-7(20-8)21(17,18)12-2-1-6-10-4-11-19-6/h3-4,12-13H,1-2,9H2. The van der Waals surface area contributed by atoms with Crippen LogP contribution in [-0.4, -0.2) is 30.0 Å². The van der Waals surface area contributed by atoms with Crippen molar-refractivity contribution in [2.45, 2.75) is 10.6 Å². The lowest BCUT2D eigenvalue weighted by Gasteiger charge is -2.01.